The Morgan fingerprint density at radius 2 is 2.13 bits per heavy atom. The predicted octanol–water partition coefficient (Wildman–Crippen LogP) is 1.78. The maximum atomic E-state index is 11.9. The molecule has 0 saturated heterocycles. The van der Waals surface area contributed by atoms with E-state index in [1.54, 1.807) is 12.3 Å². The van der Waals surface area contributed by atoms with Crippen LogP contribution in [0, 0.1) is 17.8 Å². The number of nitrogens with zero attached hydrogens (tertiary/aromatic N) is 1. The number of anilines is 1. The summed E-state index contributed by atoms with van der Waals surface area (Å²) in [4.78, 5) is 11.9. The predicted molar refractivity (Wildman–Crippen MR) is 56.2 cm³/mol. The Kier molecular flexibility index (Phi) is 2.01. The third kappa shape index (κ3) is 1.54. The van der Waals surface area contributed by atoms with Crippen LogP contribution in [-0.2, 0) is 4.79 Å². The maximum Gasteiger partial charge on any atom is 0.229 e. The summed E-state index contributed by atoms with van der Waals surface area (Å²) in [7, 11) is 0. The third-order valence-corrected chi connectivity index (χ3v) is 3.72. The number of nitrogens with one attached hydrogen (secondary N) is 2. The van der Waals surface area contributed by atoms with Crippen molar-refractivity contribution < 1.29 is 4.79 Å². The molecule has 3 rings (SSSR count). The molecule has 0 bridgehead atoms. The summed E-state index contributed by atoms with van der Waals surface area (Å²) >= 11 is 0. The molecule has 1 heterocycles. The monoisotopic (exact) mass is 205 g/mol. The van der Waals surface area contributed by atoms with Crippen LogP contribution in [0.3, 0.4) is 0 Å². The number of aromatic amines is 1. The summed E-state index contributed by atoms with van der Waals surface area (Å²) in [5, 5.41) is 9.44. The maximum absolute atomic E-state index is 11.9. The van der Waals surface area contributed by atoms with Crippen LogP contribution in [0.1, 0.15) is 25.7 Å². The van der Waals surface area contributed by atoms with Crippen LogP contribution in [0.4, 0.5) is 5.82 Å². The van der Waals surface area contributed by atoms with Crippen LogP contribution in [-0.4, -0.2) is 16.1 Å². The van der Waals surface area contributed by atoms with Crippen molar-refractivity contribution in [3.8, 4) is 0 Å². The van der Waals surface area contributed by atoms with Gasteiger partial charge in [0.2, 0.25) is 5.91 Å². The van der Waals surface area contributed by atoms with E-state index in [-0.39, 0.29) is 11.8 Å². The number of fused-ring (bicyclic) bond motifs is 1. The molecule has 15 heavy (non-hydrogen) atoms. The third-order valence-electron chi connectivity index (χ3n) is 3.72. The lowest BCUT2D eigenvalue weighted by Crippen LogP contribution is -2.15. The van der Waals surface area contributed by atoms with Crippen molar-refractivity contribution >= 4 is 11.7 Å². The normalized spacial score (nSPS) is 33.2. The summed E-state index contributed by atoms with van der Waals surface area (Å²) in [6, 6.07) is 1.78. The number of H-pyrrole nitrogens is 1. The number of carbonyl (C=O) groups excluding carboxylic acids is 1. The average Bonchev–Trinajstić information content (AvgIpc) is 2.77. The van der Waals surface area contributed by atoms with Gasteiger partial charge in [0.25, 0.3) is 0 Å². The molecule has 4 heteroatoms. The number of rotatable bonds is 2. The van der Waals surface area contributed by atoms with Gasteiger partial charge in [-0.1, -0.05) is 12.8 Å². The van der Waals surface area contributed by atoms with Crippen LogP contribution in [0.25, 0.3) is 0 Å². The largest absolute Gasteiger partial charge is 0.311 e. The molecule has 1 aromatic heterocycles. The lowest BCUT2D eigenvalue weighted by molar-refractivity contribution is -0.117. The Balaban J connectivity index is 1.62. The Hall–Kier alpha value is -1.32. The molecule has 1 aromatic rings. The van der Waals surface area contributed by atoms with Gasteiger partial charge in [-0.05, 0) is 24.7 Å². The number of amides is 1. The molecular formula is C11H15N3O. The van der Waals surface area contributed by atoms with Crippen molar-refractivity contribution in [3.63, 3.8) is 0 Å². The van der Waals surface area contributed by atoms with Crippen molar-refractivity contribution in [2.75, 3.05) is 5.32 Å². The van der Waals surface area contributed by atoms with Crippen molar-refractivity contribution in [1.29, 1.82) is 0 Å². The van der Waals surface area contributed by atoms with Gasteiger partial charge in [0.15, 0.2) is 0 Å². The number of carbonyl (C=O) groups is 1. The first kappa shape index (κ1) is 8.95. The Morgan fingerprint density at radius 3 is 2.73 bits per heavy atom. The molecule has 0 aromatic carbocycles. The Labute approximate surface area is 88.4 Å². The van der Waals surface area contributed by atoms with E-state index in [4.69, 9.17) is 0 Å². The smallest absolute Gasteiger partial charge is 0.229 e. The van der Waals surface area contributed by atoms with Crippen LogP contribution in [0.15, 0.2) is 12.3 Å². The fraction of sp³-hybridized carbons (Fsp3) is 0.636. The number of hydrogen-bond acceptors (Lipinski definition) is 2. The van der Waals surface area contributed by atoms with E-state index in [9.17, 15) is 4.79 Å². The molecule has 4 nitrogen and oxygen atoms in total. The minimum Gasteiger partial charge on any atom is -0.311 e. The van der Waals surface area contributed by atoms with Gasteiger partial charge in [-0.2, -0.15) is 5.10 Å². The fourth-order valence-corrected chi connectivity index (χ4v) is 2.92. The molecule has 2 atom stereocenters. The standard InChI is InChI=1S/C11H15N3O/c15-11(13-9-5-6-12-14-9)10-7-3-1-2-4-8(7)10/h5-8,10H,1-4H2,(H2,12,13,14,15). The van der Waals surface area contributed by atoms with E-state index in [2.05, 4.69) is 15.5 Å². The summed E-state index contributed by atoms with van der Waals surface area (Å²) in [5.74, 6) is 2.50. The van der Waals surface area contributed by atoms with Crippen LogP contribution >= 0.6 is 0 Å². The zero-order valence-corrected chi connectivity index (χ0v) is 8.57. The molecule has 0 aliphatic heterocycles. The molecule has 2 saturated carbocycles. The molecular weight excluding hydrogens is 190 g/mol. The first-order chi connectivity index (χ1) is 7.36. The fourth-order valence-electron chi connectivity index (χ4n) is 2.92. The van der Waals surface area contributed by atoms with Crippen LogP contribution < -0.4 is 5.32 Å². The number of hydrogen-bond donors (Lipinski definition) is 2. The van der Waals surface area contributed by atoms with Gasteiger partial charge in [-0.25, -0.2) is 0 Å². The van der Waals surface area contributed by atoms with Gasteiger partial charge in [-0.15, -0.1) is 0 Å². The Bertz CT molecular complexity index is 348. The summed E-state index contributed by atoms with van der Waals surface area (Å²) in [5.41, 5.74) is 0. The van der Waals surface area contributed by atoms with E-state index in [1.807, 2.05) is 0 Å². The molecule has 2 unspecified atom stereocenters. The van der Waals surface area contributed by atoms with E-state index in [1.165, 1.54) is 25.7 Å². The minimum absolute atomic E-state index is 0.177. The van der Waals surface area contributed by atoms with Crippen LogP contribution in [0.5, 0.6) is 0 Å². The van der Waals surface area contributed by atoms with Crippen molar-refractivity contribution in [2.45, 2.75) is 25.7 Å². The SMILES string of the molecule is O=C(Nc1ccn[nH]1)C1C2CCCCC21. The molecule has 2 N–H and O–H groups in total. The molecule has 0 spiro atoms. The molecule has 2 aliphatic rings. The zero-order valence-electron chi connectivity index (χ0n) is 8.57. The molecule has 2 aliphatic carbocycles. The van der Waals surface area contributed by atoms with E-state index < -0.39 is 0 Å². The first-order valence-electron chi connectivity index (χ1n) is 5.66. The summed E-state index contributed by atoms with van der Waals surface area (Å²) < 4.78 is 0. The van der Waals surface area contributed by atoms with Crippen molar-refractivity contribution in [1.82, 2.24) is 10.2 Å². The highest BCUT2D eigenvalue weighted by Gasteiger charge is 2.54. The van der Waals surface area contributed by atoms with Crippen molar-refractivity contribution in [3.05, 3.63) is 12.3 Å². The van der Waals surface area contributed by atoms with Gasteiger partial charge >= 0.3 is 0 Å². The molecule has 0 radical (unpaired) electrons. The first-order valence-corrected chi connectivity index (χ1v) is 5.66. The second-order valence-corrected chi connectivity index (χ2v) is 4.60. The zero-order chi connectivity index (χ0) is 10.3. The Morgan fingerprint density at radius 1 is 1.40 bits per heavy atom. The van der Waals surface area contributed by atoms with Gasteiger partial charge in [0, 0.05) is 12.0 Å². The summed E-state index contributed by atoms with van der Waals surface area (Å²) in [6.07, 6.45) is 6.73. The van der Waals surface area contributed by atoms with Crippen LogP contribution in [0.2, 0.25) is 0 Å². The van der Waals surface area contributed by atoms with Gasteiger partial charge in [0.05, 0.1) is 6.20 Å². The minimum atomic E-state index is 0.177. The second kappa shape index (κ2) is 3.36. The van der Waals surface area contributed by atoms with E-state index >= 15 is 0 Å². The quantitative estimate of drug-likeness (QED) is 0.773. The average molecular weight is 205 g/mol. The topological polar surface area (TPSA) is 57.8 Å². The summed E-state index contributed by atoms with van der Waals surface area (Å²) in [6.45, 7) is 0. The van der Waals surface area contributed by atoms with Crippen molar-refractivity contribution in [2.24, 2.45) is 17.8 Å². The van der Waals surface area contributed by atoms with E-state index in [0.717, 1.165) is 0 Å². The lowest BCUT2D eigenvalue weighted by Gasteiger charge is -2.04. The van der Waals surface area contributed by atoms with Gasteiger partial charge in [0.1, 0.15) is 5.82 Å². The highest BCUT2D eigenvalue weighted by atomic mass is 16.2. The number of aromatic nitrogens is 2. The lowest BCUT2D eigenvalue weighted by atomic mass is 10.0. The highest BCUT2D eigenvalue weighted by molar-refractivity contribution is 5.94. The molecule has 2 fully saturated rings. The van der Waals surface area contributed by atoms with Gasteiger partial charge < -0.3 is 5.32 Å². The molecule has 1 amide bonds. The highest BCUT2D eigenvalue weighted by Crippen LogP contribution is 2.55. The second-order valence-electron chi connectivity index (χ2n) is 4.60. The van der Waals surface area contributed by atoms with Gasteiger partial charge in [-0.3, -0.25) is 9.89 Å². The molecule has 80 valence electrons. The van der Waals surface area contributed by atoms with E-state index in [0.29, 0.717) is 17.7 Å².